The lowest BCUT2D eigenvalue weighted by molar-refractivity contribution is 0.274. The van der Waals surface area contributed by atoms with Gasteiger partial charge in [-0.05, 0) is 12.8 Å². The van der Waals surface area contributed by atoms with E-state index in [2.05, 4.69) is 0 Å². The molecule has 84 valence electrons. The summed E-state index contributed by atoms with van der Waals surface area (Å²) < 4.78 is 1.21. The van der Waals surface area contributed by atoms with E-state index >= 15 is 0 Å². The number of aromatic nitrogens is 1. The monoisotopic (exact) mass is 213 g/mol. The highest BCUT2D eigenvalue weighted by Crippen LogP contribution is 2.49. The van der Waals surface area contributed by atoms with Crippen LogP contribution in [0.3, 0.4) is 0 Å². The van der Waals surface area contributed by atoms with Crippen LogP contribution in [0.25, 0.3) is 0 Å². The van der Waals surface area contributed by atoms with E-state index in [9.17, 15) is 20.4 Å². The average molecular weight is 213 g/mol. The van der Waals surface area contributed by atoms with Gasteiger partial charge in [0.2, 0.25) is 23.3 Å². The summed E-state index contributed by atoms with van der Waals surface area (Å²) in [5.41, 5.74) is 0. The van der Waals surface area contributed by atoms with E-state index in [1.165, 1.54) is 4.57 Å². The van der Waals surface area contributed by atoms with Crippen molar-refractivity contribution in [1.82, 2.24) is 4.57 Å². The van der Waals surface area contributed by atoms with E-state index in [0.29, 0.717) is 0 Å². The summed E-state index contributed by atoms with van der Waals surface area (Å²) in [4.78, 5) is 0. The zero-order valence-corrected chi connectivity index (χ0v) is 8.35. The van der Waals surface area contributed by atoms with Gasteiger partial charge in [-0.25, -0.2) is 0 Å². The largest absolute Gasteiger partial charge is 0.500 e. The third-order valence-electron chi connectivity index (χ3n) is 3.04. The minimum atomic E-state index is -0.641. The Morgan fingerprint density at radius 1 is 0.800 bits per heavy atom. The fourth-order valence-corrected chi connectivity index (χ4v) is 2.23. The summed E-state index contributed by atoms with van der Waals surface area (Å²) in [6.45, 7) is 0. The van der Waals surface area contributed by atoms with Gasteiger partial charge in [0.1, 0.15) is 0 Å². The SMILES string of the molecule is Oc1c(O)c(O)n(C2CCCCC2)c1O. The quantitative estimate of drug-likeness (QED) is 0.573. The van der Waals surface area contributed by atoms with Gasteiger partial charge in [0.25, 0.3) is 0 Å². The highest BCUT2D eigenvalue weighted by atomic mass is 16.4. The van der Waals surface area contributed by atoms with Crippen molar-refractivity contribution < 1.29 is 20.4 Å². The van der Waals surface area contributed by atoms with E-state index in [1.807, 2.05) is 0 Å². The normalized spacial score (nSPS) is 18.1. The van der Waals surface area contributed by atoms with Crippen molar-refractivity contribution in [1.29, 1.82) is 0 Å². The van der Waals surface area contributed by atoms with Crippen LogP contribution in [0.15, 0.2) is 0 Å². The van der Waals surface area contributed by atoms with Gasteiger partial charge in [0, 0.05) is 6.04 Å². The Morgan fingerprint density at radius 3 is 1.73 bits per heavy atom. The molecule has 1 aromatic rings. The first kappa shape index (κ1) is 10.0. The minimum Gasteiger partial charge on any atom is -0.500 e. The summed E-state index contributed by atoms with van der Waals surface area (Å²) in [6, 6.07) is -0.0365. The molecular formula is C10H15NO4. The number of nitrogens with zero attached hydrogens (tertiary/aromatic N) is 1. The number of rotatable bonds is 1. The van der Waals surface area contributed by atoms with E-state index in [4.69, 9.17) is 0 Å². The molecule has 0 radical (unpaired) electrons. The Balaban J connectivity index is 2.38. The maximum absolute atomic E-state index is 9.54. The molecule has 1 aromatic heterocycles. The highest BCUT2D eigenvalue weighted by Gasteiger charge is 2.27. The van der Waals surface area contributed by atoms with Crippen molar-refractivity contribution in [2.75, 3.05) is 0 Å². The van der Waals surface area contributed by atoms with Gasteiger partial charge in [-0.3, -0.25) is 4.57 Å². The molecule has 0 atom stereocenters. The van der Waals surface area contributed by atoms with Crippen LogP contribution in [0.2, 0.25) is 0 Å². The number of aromatic hydroxyl groups is 4. The second kappa shape index (κ2) is 3.56. The minimum absolute atomic E-state index is 0.0365. The topological polar surface area (TPSA) is 85.9 Å². The Kier molecular flexibility index (Phi) is 2.38. The molecule has 1 aliphatic carbocycles. The third-order valence-corrected chi connectivity index (χ3v) is 3.04. The second-order valence-corrected chi connectivity index (χ2v) is 4.01. The van der Waals surface area contributed by atoms with Gasteiger partial charge in [-0.15, -0.1) is 0 Å². The number of hydrogen-bond donors (Lipinski definition) is 4. The molecule has 0 amide bonds. The summed E-state index contributed by atoms with van der Waals surface area (Å²) in [5, 5.41) is 37.6. The second-order valence-electron chi connectivity index (χ2n) is 4.01. The van der Waals surface area contributed by atoms with Crippen molar-refractivity contribution >= 4 is 0 Å². The Morgan fingerprint density at radius 2 is 1.27 bits per heavy atom. The first-order valence-corrected chi connectivity index (χ1v) is 5.17. The summed E-state index contributed by atoms with van der Waals surface area (Å²) in [6.07, 6.45) is 4.90. The molecule has 1 aliphatic rings. The van der Waals surface area contributed by atoms with Crippen LogP contribution in [0.4, 0.5) is 0 Å². The molecule has 0 spiro atoms. The fraction of sp³-hybridized carbons (Fsp3) is 0.600. The molecule has 5 heteroatoms. The first-order valence-electron chi connectivity index (χ1n) is 5.17. The molecule has 0 bridgehead atoms. The van der Waals surface area contributed by atoms with Crippen LogP contribution in [0.1, 0.15) is 38.1 Å². The van der Waals surface area contributed by atoms with Crippen molar-refractivity contribution in [2.24, 2.45) is 0 Å². The predicted molar refractivity (Wildman–Crippen MR) is 53.2 cm³/mol. The van der Waals surface area contributed by atoms with Gasteiger partial charge in [-0.2, -0.15) is 0 Å². The molecule has 0 aliphatic heterocycles. The molecule has 2 rings (SSSR count). The summed E-state index contributed by atoms with van der Waals surface area (Å²) in [5.74, 6) is -2.18. The van der Waals surface area contributed by atoms with Crippen LogP contribution >= 0.6 is 0 Å². The zero-order valence-electron chi connectivity index (χ0n) is 8.35. The van der Waals surface area contributed by atoms with Crippen LogP contribution in [0.5, 0.6) is 23.3 Å². The molecule has 1 saturated carbocycles. The van der Waals surface area contributed by atoms with E-state index in [1.54, 1.807) is 0 Å². The summed E-state index contributed by atoms with van der Waals surface area (Å²) in [7, 11) is 0. The van der Waals surface area contributed by atoms with Gasteiger partial charge >= 0.3 is 0 Å². The smallest absolute Gasteiger partial charge is 0.241 e. The standard InChI is InChI=1S/C10H15NO4/c12-7-8(13)10(15)11(9(7)14)6-4-2-1-3-5-6/h6,12-15H,1-5H2. The Labute approximate surface area is 87.2 Å². The molecule has 1 fully saturated rings. The maximum atomic E-state index is 9.54. The van der Waals surface area contributed by atoms with Crippen molar-refractivity contribution in [3.63, 3.8) is 0 Å². The van der Waals surface area contributed by atoms with Crippen LogP contribution in [0, 0.1) is 0 Å². The van der Waals surface area contributed by atoms with E-state index in [0.717, 1.165) is 32.1 Å². The molecule has 4 N–H and O–H groups in total. The lowest BCUT2D eigenvalue weighted by Crippen LogP contribution is -2.11. The van der Waals surface area contributed by atoms with Crippen molar-refractivity contribution in [2.45, 2.75) is 38.1 Å². The van der Waals surface area contributed by atoms with Gasteiger partial charge < -0.3 is 20.4 Å². The highest BCUT2D eigenvalue weighted by molar-refractivity contribution is 5.54. The van der Waals surface area contributed by atoms with Crippen LogP contribution in [-0.2, 0) is 0 Å². The molecule has 1 heterocycles. The molecular weight excluding hydrogens is 198 g/mol. The van der Waals surface area contributed by atoms with Gasteiger partial charge in [0.05, 0.1) is 0 Å². The molecule has 0 aromatic carbocycles. The Hall–Kier alpha value is -1.52. The maximum Gasteiger partial charge on any atom is 0.241 e. The van der Waals surface area contributed by atoms with Crippen molar-refractivity contribution in [3.8, 4) is 23.3 Å². The number of hydrogen-bond acceptors (Lipinski definition) is 4. The Bertz CT molecular complexity index is 340. The van der Waals surface area contributed by atoms with E-state index < -0.39 is 23.3 Å². The average Bonchev–Trinajstić information content (AvgIpc) is 2.45. The predicted octanol–water partition coefficient (Wildman–Crippen LogP) is 1.82. The molecule has 15 heavy (non-hydrogen) atoms. The molecule has 0 unspecified atom stereocenters. The van der Waals surface area contributed by atoms with Crippen LogP contribution < -0.4 is 0 Å². The third kappa shape index (κ3) is 1.48. The first-order chi connectivity index (χ1) is 7.13. The molecule has 0 saturated heterocycles. The van der Waals surface area contributed by atoms with Gasteiger partial charge in [-0.1, -0.05) is 19.3 Å². The summed E-state index contributed by atoms with van der Waals surface area (Å²) >= 11 is 0. The van der Waals surface area contributed by atoms with Crippen LogP contribution in [-0.4, -0.2) is 25.0 Å². The molecule has 5 nitrogen and oxygen atoms in total. The zero-order chi connectivity index (χ0) is 11.0. The van der Waals surface area contributed by atoms with E-state index in [-0.39, 0.29) is 6.04 Å². The lowest BCUT2D eigenvalue weighted by Gasteiger charge is -2.23. The van der Waals surface area contributed by atoms with Gasteiger partial charge in [0.15, 0.2) is 0 Å². The van der Waals surface area contributed by atoms with Crippen molar-refractivity contribution in [3.05, 3.63) is 0 Å². The fourth-order valence-electron chi connectivity index (χ4n) is 2.23. The lowest BCUT2D eigenvalue weighted by atomic mass is 9.95.